The topological polar surface area (TPSA) is 60.0 Å². The van der Waals surface area contributed by atoms with Crippen LogP contribution < -0.4 is 24.4 Å². The average molecular weight is 413 g/mol. The van der Waals surface area contributed by atoms with Crippen LogP contribution in [0.5, 0.6) is 17.2 Å². The minimum atomic E-state index is -0.00169. The molecule has 1 amide bonds. The van der Waals surface area contributed by atoms with Crippen LogP contribution in [0.25, 0.3) is 0 Å². The van der Waals surface area contributed by atoms with Crippen LogP contribution in [0.3, 0.4) is 0 Å². The van der Waals surface area contributed by atoms with Gasteiger partial charge in [-0.25, -0.2) is 0 Å². The van der Waals surface area contributed by atoms with Crippen molar-refractivity contribution in [3.05, 3.63) is 48.0 Å². The maximum absolute atomic E-state index is 12.8. The fourth-order valence-corrected chi connectivity index (χ4v) is 4.09. The lowest BCUT2D eigenvalue weighted by atomic mass is 9.93. The van der Waals surface area contributed by atoms with E-state index < -0.39 is 0 Å². The molecule has 6 heteroatoms. The highest BCUT2D eigenvalue weighted by molar-refractivity contribution is 5.81. The van der Waals surface area contributed by atoms with Gasteiger partial charge in [0.25, 0.3) is 0 Å². The molecule has 2 aromatic rings. The molecule has 1 fully saturated rings. The Balaban J connectivity index is 1.68. The molecule has 0 saturated heterocycles. The number of anilines is 1. The molecule has 1 saturated carbocycles. The number of rotatable bonds is 9. The monoisotopic (exact) mass is 412 g/mol. The second-order valence-electron chi connectivity index (χ2n) is 7.57. The molecule has 0 aliphatic heterocycles. The van der Waals surface area contributed by atoms with Gasteiger partial charge >= 0.3 is 0 Å². The highest BCUT2D eigenvalue weighted by atomic mass is 16.5. The van der Waals surface area contributed by atoms with E-state index in [0.717, 1.165) is 24.1 Å². The SMILES string of the molecule is COc1cc(CNC(=O)CN(c2ccccc2)C2CCCCC2)cc(OC)c1OC. The Hall–Kier alpha value is -2.89. The van der Waals surface area contributed by atoms with Gasteiger partial charge < -0.3 is 24.4 Å². The Morgan fingerprint density at radius 1 is 0.967 bits per heavy atom. The van der Waals surface area contributed by atoms with Crippen molar-refractivity contribution in [1.29, 1.82) is 0 Å². The zero-order valence-electron chi connectivity index (χ0n) is 18.1. The molecule has 0 aromatic heterocycles. The first-order valence-corrected chi connectivity index (χ1v) is 10.5. The van der Waals surface area contributed by atoms with E-state index in [2.05, 4.69) is 22.3 Å². The number of para-hydroxylation sites is 1. The average Bonchev–Trinajstić information content (AvgIpc) is 2.81. The van der Waals surface area contributed by atoms with E-state index in [-0.39, 0.29) is 5.91 Å². The fourth-order valence-electron chi connectivity index (χ4n) is 4.09. The van der Waals surface area contributed by atoms with Gasteiger partial charge in [0.15, 0.2) is 11.5 Å². The summed E-state index contributed by atoms with van der Waals surface area (Å²) in [6.07, 6.45) is 6.00. The number of carbonyl (C=O) groups is 1. The van der Waals surface area contributed by atoms with Gasteiger partial charge in [0, 0.05) is 18.3 Å². The highest BCUT2D eigenvalue weighted by Crippen LogP contribution is 2.38. The predicted octanol–water partition coefficient (Wildman–Crippen LogP) is 4.17. The summed E-state index contributed by atoms with van der Waals surface area (Å²) >= 11 is 0. The lowest BCUT2D eigenvalue weighted by Gasteiger charge is -2.35. The Kier molecular flexibility index (Phi) is 7.82. The predicted molar refractivity (Wildman–Crippen MR) is 119 cm³/mol. The van der Waals surface area contributed by atoms with Crippen molar-refractivity contribution in [2.75, 3.05) is 32.8 Å². The van der Waals surface area contributed by atoms with Gasteiger partial charge in [-0.15, -0.1) is 0 Å². The van der Waals surface area contributed by atoms with E-state index in [0.29, 0.717) is 36.4 Å². The quantitative estimate of drug-likeness (QED) is 0.670. The van der Waals surface area contributed by atoms with Crippen LogP contribution in [0.15, 0.2) is 42.5 Å². The van der Waals surface area contributed by atoms with E-state index in [1.165, 1.54) is 19.3 Å². The maximum atomic E-state index is 12.8. The van der Waals surface area contributed by atoms with Crippen LogP contribution in [0.1, 0.15) is 37.7 Å². The first-order valence-electron chi connectivity index (χ1n) is 10.5. The molecule has 1 aliphatic rings. The van der Waals surface area contributed by atoms with Crippen molar-refractivity contribution >= 4 is 11.6 Å². The summed E-state index contributed by atoms with van der Waals surface area (Å²) in [5.74, 6) is 1.70. The van der Waals surface area contributed by atoms with E-state index in [9.17, 15) is 4.79 Å². The minimum Gasteiger partial charge on any atom is -0.493 e. The van der Waals surface area contributed by atoms with Crippen LogP contribution in [0, 0.1) is 0 Å². The van der Waals surface area contributed by atoms with Gasteiger partial charge in [0.2, 0.25) is 11.7 Å². The van der Waals surface area contributed by atoms with Crippen molar-refractivity contribution in [3.63, 3.8) is 0 Å². The molecular weight excluding hydrogens is 380 g/mol. The second kappa shape index (κ2) is 10.8. The Morgan fingerprint density at radius 2 is 1.60 bits per heavy atom. The zero-order valence-corrected chi connectivity index (χ0v) is 18.1. The number of amides is 1. The van der Waals surface area contributed by atoms with Crippen LogP contribution in [0.4, 0.5) is 5.69 Å². The number of methoxy groups -OCH3 is 3. The molecular formula is C24H32N2O4. The summed E-state index contributed by atoms with van der Waals surface area (Å²) in [7, 11) is 4.74. The molecule has 3 rings (SSSR count). The van der Waals surface area contributed by atoms with Crippen molar-refractivity contribution in [2.45, 2.75) is 44.7 Å². The number of carbonyl (C=O) groups excluding carboxylic acids is 1. The second-order valence-corrected chi connectivity index (χ2v) is 7.57. The van der Waals surface area contributed by atoms with Gasteiger partial charge in [-0.2, -0.15) is 0 Å². The standard InChI is InChI=1S/C24H32N2O4/c1-28-21-14-18(15-22(29-2)24(21)30-3)16-25-23(27)17-26(19-10-6-4-7-11-19)20-12-8-5-9-13-20/h4,6-7,10-11,14-15,20H,5,8-9,12-13,16-17H2,1-3H3,(H,25,27). The van der Waals surface area contributed by atoms with Gasteiger partial charge in [0.1, 0.15) is 0 Å². The van der Waals surface area contributed by atoms with Gasteiger partial charge in [0.05, 0.1) is 27.9 Å². The Bertz CT molecular complexity index is 794. The molecule has 0 unspecified atom stereocenters. The van der Waals surface area contributed by atoms with E-state index in [1.807, 2.05) is 30.3 Å². The summed E-state index contributed by atoms with van der Waals surface area (Å²) in [5.41, 5.74) is 1.99. The van der Waals surface area contributed by atoms with Crippen molar-refractivity contribution < 1.29 is 19.0 Å². The summed E-state index contributed by atoms with van der Waals surface area (Å²) in [6, 6.07) is 14.4. The molecule has 1 N–H and O–H groups in total. The number of hydrogen-bond donors (Lipinski definition) is 1. The normalized spacial score (nSPS) is 14.1. The lowest BCUT2D eigenvalue weighted by Crippen LogP contribution is -2.44. The summed E-state index contributed by atoms with van der Waals surface area (Å²) in [4.78, 5) is 15.1. The summed E-state index contributed by atoms with van der Waals surface area (Å²) in [5, 5.41) is 3.05. The Morgan fingerprint density at radius 3 is 2.17 bits per heavy atom. The molecule has 0 heterocycles. The van der Waals surface area contributed by atoms with Crippen molar-refractivity contribution in [3.8, 4) is 17.2 Å². The molecule has 0 spiro atoms. The minimum absolute atomic E-state index is 0.00169. The van der Waals surface area contributed by atoms with E-state index in [1.54, 1.807) is 21.3 Å². The molecule has 1 aliphatic carbocycles. The lowest BCUT2D eigenvalue weighted by molar-refractivity contribution is -0.120. The van der Waals surface area contributed by atoms with Gasteiger partial charge in [-0.1, -0.05) is 37.5 Å². The van der Waals surface area contributed by atoms with Crippen LogP contribution in [-0.2, 0) is 11.3 Å². The largest absolute Gasteiger partial charge is 0.493 e. The molecule has 0 radical (unpaired) electrons. The first kappa shape index (κ1) is 21.8. The first-order chi connectivity index (χ1) is 14.7. The van der Waals surface area contributed by atoms with Crippen molar-refractivity contribution in [2.24, 2.45) is 0 Å². The number of nitrogens with one attached hydrogen (secondary N) is 1. The van der Waals surface area contributed by atoms with Gasteiger partial charge in [-0.05, 0) is 42.7 Å². The number of ether oxygens (including phenoxy) is 3. The smallest absolute Gasteiger partial charge is 0.239 e. The third-order valence-corrected chi connectivity index (χ3v) is 5.63. The zero-order chi connectivity index (χ0) is 21.3. The third-order valence-electron chi connectivity index (χ3n) is 5.63. The maximum Gasteiger partial charge on any atom is 0.239 e. The van der Waals surface area contributed by atoms with Crippen molar-refractivity contribution in [1.82, 2.24) is 5.32 Å². The van der Waals surface area contributed by atoms with Crippen LogP contribution in [-0.4, -0.2) is 39.8 Å². The fraction of sp³-hybridized carbons (Fsp3) is 0.458. The van der Waals surface area contributed by atoms with Crippen LogP contribution in [0.2, 0.25) is 0 Å². The molecule has 30 heavy (non-hydrogen) atoms. The Labute approximate surface area is 179 Å². The summed E-state index contributed by atoms with van der Waals surface area (Å²) < 4.78 is 16.2. The highest BCUT2D eigenvalue weighted by Gasteiger charge is 2.23. The third kappa shape index (κ3) is 5.38. The van der Waals surface area contributed by atoms with E-state index >= 15 is 0 Å². The molecule has 0 atom stereocenters. The van der Waals surface area contributed by atoms with Crippen LogP contribution >= 0.6 is 0 Å². The van der Waals surface area contributed by atoms with E-state index in [4.69, 9.17) is 14.2 Å². The number of benzene rings is 2. The number of nitrogens with zero attached hydrogens (tertiary/aromatic N) is 1. The molecule has 162 valence electrons. The molecule has 2 aromatic carbocycles. The summed E-state index contributed by atoms with van der Waals surface area (Å²) in [6.45, 7) is 0.738. The molecule has 6 nitrogen and oxygen atoms in total. The van der Waals surface area contributed by atoms with Gasteiger partial charge in [-0.3, -0.25) is 4.79 Å². The molecule has 0 bridgehead atoms. The number of hydrogen-bond acceptors (Lipinski definition) is 5.